The summed E-state index contributed by atoms with van der Waals surface area (Å²) in [5, 5.41) is 8.80. The standard InChI is InChI=1S/C14H11N3O2S/c18-13(19)8-20-12-4-2-1-3-9(12)14-16-10-5-6-15-7-11(10)17-14/h1-7H,8H2,(H,16,17)(H,18,19). The number of nitrogens with one attached hydrogen (secondary N) is 1. The van der Waals surface area contributed by atoms with Crippen molar-refractivity contribution in [2.24, 2.45) is 0 Å². The fourth-order valence-corrected chi connectivity index (χ4v) is 2.69. The van der Waals surface area contributed by atoms with Gasteiger partial charge in [-0.3, -0.25) is 9.78 Å². The number of aromatic nitrogens is 3. The van der Waals surface area contributed by atoms with E-state index < -0.39 is 5.97 Å². The second-order valence-corrected chi connectivity index (χ2v) is 5.17. The van der Waals surface area contributed by atoms with Crippen LogP contribution in [0.2, 0.25) is 0 Å². The van der Waals surface area contributed by atoms with Crippen LogP contribution in [0.3, 0.4) is 0 Å². The molecular formula is C14H11N3O2S. The Morgan fingerprint density at radius 2 is 2.15 bits per heavy atom. The summed E-state index contributed by atoms with van der Waals surface area (Å²) in [6.45, 7) is 0. The third-order valence-corrected chi connectivity index (χ3v) is 3.84. The van der Waals surface area contributed by atoms with Crippen LogP contribution in [0, 0.1) is 0 Å². The van der Waals surface area contributed by atoms with Crippen LogP contribution in [0.4, 0.5) is 0 Å². The molecule has 3 rings (SSSR count). The number of H-pyrrole nitrogens is 1. The third kappa shape index (κ3) is 2.50. The number of aliphatic carboxylic acids is 1. The second kappa shape index (κ2) is 5.34. The first-order valence-corrected chi connectivity index (χ1v) is 6.96. The Labute approximate surface area is 119 Å². The monoisotopic (exact) mass is 285 g/mol. The van der Waals surface area contributed by atoms with Crippen molar-refractivity contribution in [2.75, 3.05) is 5.75 Å². The number of carbonyl (C=O) groups is 1. The van der Waals surface area contributed by atoms with Gasteiger partial charge in [-0.1, -0.05) is 18.2 Å². The van der Waals surface area contributed by atoms with E-state index in [2.05, 4.69) is 15.0 Å². The molecule has 0 spiro atoms. The zero-order valence-corrected chi connectivity index (χ0v) is 11.2. The number of pyridine rings is 1. The van der Waals surface area contributed by atoms with E-state index in [1.165, 1.54) is 11.8 Å². The smallest absolute Gasteiger partial charge is 0.313 e. The number of fused-ring (bicyclic) bond motifs is 1. The van der Waals surface area contributed by atoms with Gasteiger partial charge in [-0.15, -0.1) is 11.8 Å². The summed E-state index contributed by atoms with van der Waals surface area (Å²) >= 11 is 1.28. The summed E-state index contributed by atoms with van der Waals surface area (Å²) in [5.41, 5.74) is 2.60. The SMILES string of the molecule is O=C(O)CSc1ccccc1-c1nc2cnccc2[nH]1. The molecule has 6 heteroatoms. The van der Waals surface area contributed by atoms with Gasteiger partial charge in [0.25, 0.3) is 0 Å². The topological polar surface area (TPSA) is 78.9 Å². The van der Waals surface area contributed by atoms with Gasteiger partial charge in [-0.05, 0) is 12.1 Å². The Hall–Kier alpha value is -2.34. The largest absolute Gasteiger partial charge is 0.481 e. The van der Waals surface area contributed by atoms with Gasteiger partial charge in [-0.2, -0.15) is 0 Å². The van der Waals surface area contributed by atoms with Crippen molar-refractivity contribution in [3.8, 4) is 11.4 Å². The lowest BCUT2D eigenvalue weighted by molar-refractivity contribution is -0.133. The van der Waals surface area contributed by atoms with Crippen LogP contribution in [-0.2, 0) is 4.79 Å². The maximum Gasteiger partial charge on any atom is 0.313 e. The van der Waals surface area contributed by atoms with Gasteiger partial charge >= 0.3 is 5.97 Å². The molecule has 0 aliphatic rings. The Bertz CT molecular complexity index is 737. The van der Waals surface area contributed by atoms with E-state index in [1.807, 2.05) is 30.3 Å². The molecule has 5 nitrogen and oxygen atoms in total. The molecule has 100 valence electrons. The summed E-state index contributed by atoms with van der Waals surface area (Å²) in [6.07, 6.45) is 3.40. The molecular weight excluding hydrogens is 274 g/mol. The lowest BCUT2D eigenvalue weighted by Gasteiger charge is -2.05. The summed E-state index contributed by atoms with van der Waals surface area (Å²) in [4.78, 5) is 23.4. The minimum atomic E-state index is -0.835. The van der Waals surface area contributed by atoms with E-state index in [1.54, 1.807) is 12.4 Å². The Morgan fingerprint density at radius 3 is 2.95 bits per heavy atom. The molecule has 1 aromatic carbocycles. The summed E-state index contributed by atoms with van der Waals surface area (Å²) in [5.74, 6) is -0.0844. The van der Waals surface area contributed by atoms with E-state index in [9.17, 15) is 4.79 Å². The molecule has 0 radical (unpaired) electrons. The highest BCUT2D eigenvalue weighted by molar-refractivity contribution is 8.00. The second-order valence-electron chi connectivity index (χ2n) is 4.16. The van der Waals surface area contributed by atoms with Crippen LogP contribution in [0.5, 0.6) is 0 Å². The molecule has 2 N–H and O–H groups in total. The zero-order chi connectivity index (χ0) is 13.9. The molecule has 0 aliphatic carbocycles. The summed E-state index contributed by atoms with van der Waals surface area (Å²) < 4.78 is 0. The molecule has 0 saturated carbocycles. The number of imidazole rings is 1. The van der Waals surface area contributed by atoms with Crippen molar-refractivity contribution in [3.05, 3.63) is 42.7 Å². The van der Waals surface area contributed by atoms with Gasteiger partial charge in [0, 0.05) is 16.7 Å². The van der Waals surface area contributed by atoms with Crippen LogP contribution in [-0.4, -0.2) is 31.8 Å². The van der Waals surface area contributed by atoms with Gasteiger partial charge in [0.15, 0.2) is 0 Å². The number of nitrogens with zero attached hydrogens (tertiary/aromatic N) is 2. The lowest BCUT2D eigenvalue weighted by Crippen LogP contribution is -1.98. The van der Waals surface area contributed by atoms with E-state index in [4.69, 9.17) is 5.11 Å². The maximum atomic E-state index is 10.7. The first-order valence-electron chi connectivity index (χ1n) is 5.98. The Morgan fingerprint density at radius 1 is 1.30 bits per heavy atom. The van der Waals surface area contributed by atoms with E-state index in [0.29, 0.717) is 0 Å². The molecule has 3 aromatic rings. The predicted octanol–water partition coefficient (Wildman–Crippen LogP) is 2.80. The third-order valence-electron chi connectivity index (χ3n) is 2.78. The minimum Gasteiger partial charge on any atom is -0.481 e. The number of rotatable bonds is 4. The average molecular weight is 285 g/mol. The molecule has 0 amide bonds. The fourth-order valence-electron chi connectivity index (χ4n) is 1.91. The van der Waals surface area contributed by atoms with Crippen molar-refractivity contribution >= 4 is 28.8 Å². The van der Waals surface area contributed by atoms with Crippen molar-refractivity contribution in [2.45, 2.75) is 4.90 Å². The number of thioether (sulfide) groups is 1. The van der Waals surface area contributed by atoms with Crippen molar-refractivity contribution in [3.63, 3.8) is 0 Å². The highest BCUT2D eigenvalue weighted by Gasteiger charge is 2.11. The van der Waals surface area contributed by atoms with Crippen LogP contribution in [0.1, 0.15) is 0 Å². The van der Waals surface area contributed by atoms with Crippen molar-refractivity contribution in [1.82, 2.24) is 15.0 Å². The van der Waals surface area contributed by atoms with Crippen LogP contribution < -0.4 is 0 Å². The van der Waals surface area contributed by atoms with Gasteiger partial charge in [-0.25, -0.2) is 4.98 Å². The van der Waals surface area contributed by atoms with E-state index >= 15 is 0 Å². The number of benzene rings is 1. The highest BCUT2D eigenvalue weighted by atomic mass is 32.2. The number of hydrogen-bond acceptors (Lipinski definition) is 4. The van der Waals surface area contributed by atoms with Gasteiger partial charge in [0.2, 0.25) is 0 Å². The molecule has 0 atom stereocenters. The number of carboxylic acids is 1. The molecule has 20 heavy (non-hydrogen) atoms. The molecule has 2 aromatic heterocycles. The molecule has 2 heterocycles. The first kappa shape index (κ1) is 12.7. The molecule has 0 bridgehead atoms. The maximum absolute atomic E-state index is 10.7. The number of hydrogen-bond donors (Lipinski definition) is 2. The zero-order valence-electron chi connectivity index (χ0n) is 10.4. The van der Waals surface area contributed by atoms with E-state index in [-0.39, 0.29) is 5.75 Å². The lowest BCUT2D eigenvalue weighted by atomic mass is 10.2. The van der Waals surface area contributed by atoms with Crippen LogP contribution in [0.25, 0.3) is 22.4 Å². The van der Waals surface area contributed by atoms with Gasteiger partial charge in [0.1, 0.15) is 11.3 Å². The van der Waals surface area contributed by atoms with Crippen LogP contribution in [0.15, 0.2) is 47.6 Å². The fraction of sp³-hybridized carbons (Fsp3) is 0.0714. The number of carboxylic acid groups (broad SMARTS) is 1. The quantitative estimate of drug-likeness (QED) is 0.721. The van der Waals surface area contributed by atoms with Crippen molar-refractivity contribution in [1.29, 1.82) is 0 Å². The summed E-state index contributed by atoms with van der Waals surface area (Å²) in [7, 11) is 0. The van der Waals surface area contributed by atoms with Crippen LogP contribution >= 0.6 is 11.8 Å². The van der Waals surface area contributed by atoms with Crippen molar-refractivity contribution < 1.29 is 9.90 Å². The molecule has 0 fully saturated rings. The Kier molecular flexibility index (Phi) is 3.39. The highest BCUT2D eigenvalue weighted by Crippen LogP contribution is 2.30. The average Bonchev–Trinajstić information content (AvgIpc) is 2.89. The number of aromatic amines is 1. The van der Waals surface area contributed by atoms with E-state index in [0.717, 1.165) is 27.3 Å². The first-order chi connectivity index (χ1) is 9.74. The molecule has 0 unspecified atom stereocenters. The normalized spacial score (nSPS) is 10.8. The minimum absolute atomic E-state index is 0.0266. The van der Waals surface area contributed by atoms with Gasteiger partial charge < -0.3 is 10.1 Å². The molecule has 0 aliphatic heterocycles. The predicted molar refractivity (Wildman–Crippen MR) is 77.7 cm³/mol. The molecule has 0 saturated heterocycles. The van der Waals surface area contributed by atoms with Gasteiger partial charge in [0.05, 0.1) is 17.5 Å². The summed E-state index contributed by atoms with van der Waals surface area (Å²) in [6, 6.07) is 9.48. The Balaban J connectivity index is 2.02.